The van der Waals surface area contributed by atoms with Crippen molar-refractivity contribution in [1.82, 2.24) is 9.88 Å². The van der Waals surface area contributed by atoms with Gasteiger partial charge >= 0.3 is 12.2 Å². The van der Waals surface area contributed by atoms with Crippen LogP contribution in [0.15, 0.2) is 79.1 Å². The van der Waals surface area contributed by atoms with E-state index in [4.69, 9.17) is 10.5 Å². The number of aromatic nitrogens is 1. The Balaban J connectivity index is 1.69. The van der Waals surface area contributed by atoms with E-state index in [1.807, 2.05) is 36.4 Å². The molecule has 0 spiro atoms. The Labute approximate surface area is 162 Å². The molecule has 2 aromatic carbocycles. The number of nitrogens with zero attached hydrogens (tertiary/aromatic N) is 2. The van der Waals surface area contributed by atoms with Crippen LogP contribution in [0, 0.1) is 0 Å². The van der Waals surface area contributed by atoms with E-state index < -0.39 is 12.2 Å². The van der Waals surface area contributed by atoms with Gasteiger partial charge in [0.2, 0.25) is 0 Å². The van der Waals surface area contributed by atoms with E-state index in [1.165, 1.54) is 4.90 Å². The van der Waals surface area contributed by atoms with Gasteiger partial charge in [-0.1, -0.05) is 42.5 Å². The maximum absolute atomic E-state index is 12.6. The fourth-order valence-electron chi connectivity index (χ4n) is 2.60. The lowest BCUT2D eigenvalue weighted by molar-refractivity contribution is 0.119. The molecular weight excluding hydrogens is 356 g/mol. The average Bonchev–Trinajstić information content (AvgIpc) is 2.69. The maximum Gasteiger partial charge on any atom is 0.420 e. The van der Waals surface area contributed by atoms with Crippen LogP contribution in [0.3, 0.4) is 0 Å². The SMILES string of the molecule is Nc1cccc(NC(=O)OC(=O)N(Cc2ccccc2)Cc2cccnc2)c1. The first kappa shape index (κ1) is 18.9. The molecule has 0 fully saturated rings. The second kappa shape index (κ2) is 9.18. The minimum Gasteiger partial charge on any atom is -0.399 e. The van der Waals surface area contributed by atoms with Gasteiger partial charge in [-0.05, 0) is 35.4 Å². The molecule has 0 aliphatic heterocycles. The van der Waals surface area contributed by atoms with Crippen molar-refractivity contribution in [2.45, 2.75) is 13.1 Å². The van der Waals surface area contributed by atoms with E-state index >= 15 is 0 Å². The zero-order valence-corrected chi connectivity index (χ0v) is 15.1. The normalized spacial score (nSPS) is 10.1. The summed E-state index contributed by atoms with van der Waals surface area (Å²) in [7, 11) is 0. The van der Waals surface area contributed by atoms with Crippen LogP contribution < -0.4 is 11.1 Å². The first-order valence-electron chi connectivity index (χ1n) is 8.66. The zero-order valence-electron chi connectivity index (χ0n) is 15.1. The molecule has 1 heterocycles. The van der Waals surface area contributed by atoms with E-state index in [0.29, 0.717) is 17.9 Å². The van der Waals surface area contributed by atoms with Crippen LogP contribution in [0.25, 0.3) is 0 Å². The number of anilines is 2. The number of amides is 2. The highest BCUT2D eigenvalue weighted by molar-refractivity contribution is 5.92. The summed E-state index contributed by atoms with van der Waals surface area (Å²) >= 11 is 0. The molecule has 3 N–H and O–H groups in total. The molecule has 0 unspecified atom stereocenters. The molecule has 3 aromatic rings. The van der Waals surface area contributed by atoms with Crippen LogP contribution in [0.2, 0.25) is 0 Å². The van der Waals surface area contributed by atoms with Crippen molar-refractivity contribution in [3.63, 3.8) is 0 Å². The van der Waals surface area contributed by atoms with E-state index in [-0.39, 0.29) is 6.54 Å². The Kier molecular flexibility index (Phi) is 6.20. The number of carbonyl (C=O) groups excluding carboxylic acids is 2. The van der Waals surface area contributed by atoms with Gasteiger partial charge in [-0.25, -0.2) is 9.59 Å². The number of carbonyl (C=O) groups is 2. The van der Waals surface area contributed by atoms with Crippen molar-refractivity contribution in [2.75, 3.05) is 11.1 Å². The molecule has 7 heteroatoms. The van der Waals surface area contributed by atoms with Crippen LogP contribution in [0.5, 0.6) is 0 Å². The Morgan fingerprint density at radius 1 is 0.964 bits per heavy atom. The lowest BCUT2D eigenvalue weighted by Crippen LogP contribution is -2.33. The van der Waals surface area contributed by atoms with Crippen LogP contribution in [-0.2, 0) is 17.8 Å². The minimum atomic E-state index is -0.875. The highest BCUT2D eigenvalue weighted by Crippen LogP contribution is 2.14. The first-order valence-corrected chi connectivity index (χ1v) is 8.66. The predicted molar refractivity (Wildman–Crippen MR) is 106 cm³/mol. The number of benzene rings is 2. The summed E-state index contributed by atoms with van der Waals surface area (Å²) in [6.45, 7) is 0.549. The standard InChI is InChI=1S/C21H20N4O3/c22-18-9-4-10-19(12-18)24-20(26)28-21(27)25(14-16-6-2-1-3-7-16)15-17-8-5-11-23-13-17/h1-13H,14-15,22H2,(H,24,26). The lowest BCUT2D eigenvalue weighted by Gasteiger charge is -2.21. The maximum atomic E-state index is 12.6. The van der Waals surface area contributed by atoms with Crippen LogP contribution in [0.1, 0.15) is 11.1 Å². The minimum absolute atomic E-state index is 0.257. The highest BCUT2D eigenvalue weighted by atomic mass is 16.6. The number of nitrogen functional groups attached to an aromatic ring is 1. The van der Waals surface area contributed by atoms with Gasteiger partial charge in [0.25, 0.3) is 0 Å². The molecule has 0 saturated carbocycles. The molecule has 2 amide bonds. The van der Waals surface area contributed by atoms with Gasteiger partial charge in [0.05, 0.1) is 6.54 Å². The first-order chi connectivity index (χ1) is 13.6. The summed E-state index contributed by atoms with van der Waals surface area (Å²) in [6.07, 6.45) is 1.69. The Morgan fingerprint density at radius 2 is 1.71 bits per heavy atom. The van der Waals surface area contributed by atoms with Crippen LogP contribution >= 0.6 is 0 Å². The van der Waals surface area contributed by atoms with Crippen molar-refractivity contribution in [1.29, 1.82) is 0 Å². The molecule has 0 atom stereocenters. The van der Waals surface area contributed by atoms with Gasteiger partial charge in [-0.3, -0.25) is 15.2 Å². The molecular formula is C21H20N4O3. The van der Waals surface area contributed by atoms with Gasteiger partial charge in [0, 0.05) is 30.3 Å². The zero-order chi connectivity index (χ0) is 19.8. The number of hydrogen-bond donors (Lipinski definition) is 2. The number of nitrogens with one attached hydrogen (secondary N) is 1. The second-order valence-electron chi connectivity index (χ2n) is 6.11. The van der Waals surface area contributed by atoms with Gasteiger partial charge in [-0.15, -0.1) is 0 Å². The monoisotopic (exact) mass is 376 g/mol. The van der Waals surface area contributed by atoms with Crippen molar-refractivity contribution >= 4 is 23.6 Å². The van der Waals surface area contributed by atoms with Crippen molar-refractivity contribution in [3.05, 3.63) is 90.3 Å². The fraction of sp³-hybridized carbons (Fsp3) is 0.0952. The molecule has 0 bridgehead atoms. The predicted octanol–water partition coefficient (Wildman–Crippen LogP) is 4.03. The molecule has 3 rings (SSSR count). The van der Waals surface area contributed by atoms with E-state index in [9.17, 15) is 9.59 Å². The van der Waals surface area contributed by atoms with Crippen LogP contribution in [-0.4, -0.2) is 22.1 Å². The van der Waals surface area contributed by atoms with Gasteiger partial charge in [0.1, 0.15) is 0 Å². The molecule has 142 valence electrons. The van der Waals surface area contributed by atoms with Crippen LogP contribution in [0.4, 0.5) is 21.0 Å². The summed E-state index contributed by atoms with van der Waals surface area (Å²) in [4.78, 5) is 30.2. The Hall–Kier alpha value is -3.87. The number of nitrogens with two attached hydrogens (primary N) is 1. The quantitative estimate of drug-likeness (QED) is 0.517. The van der Waals surface area contributed by atoms with Gasteiger partial charge < -0.3 is 10.5 Å². The molecule has 0 aliphatic carbocycles. The fourth-order valence-corrected chi connectivity index (χ4v) is 2.60. The Morgan fingerprint density at radius 3 is 2.43 bits per heavy atom. The molecule has 1 aromatic heterocycles. The highest BCUT2D eigenvalue weighted by Gasteiger charge is 2.20. The smallest absolute Gasteiger partial charge is 0.399 e. The van der Waals surface area contributed by atoms with E-state index in [1.54, 1.807) is 42.7 Å². The molecule has 0 aliphatic rings. The Bertz CT molecular complexity index is 891. The van der Waals surface area contributed by atoms with Crippen molar-refractivity contribution in [2.24, 2.45) is 0 Å². The van der Waals surface area contributed by atoms with Gasteiger partial charge in [0.15, 0.2) is 0 Å². The molecule has 28 heavy (non-hydrogen) atoms. The summed E-state index contributed by atoms with van der Waals surface area (Å²) in [5.74, 6) is 0. The van der Waals surface area contributed by atoms with Crippen molar-refractivity contribution in [3.8, 4) is 0 Å². The lowest BCUT2D eigenvalue weighted by atomic mass is 10.2. The topological polar surface area (TPSA) is 97.5 Å². The summed E-state index contributed by atoms with van der Waals surface area (Å²) in [5, 5.41) is 2.50. The third-order valence-corrected chi connectivity index (χ3v) is 3.88. The molecule has 0 saturated heterocycles. The largest absolute Gasteiger partial charge is 0.420 e. The number of ether oxygens (including phenoxy) is 1. The molecule has 0 radical (unpaired) electrons. The average molecular weight is 376 g/mol. The summed E-state index contributed by atoms with van der Waals surface area (Å²) in [6, 6.07) is 19.7. The van der Waals surface area contributed by atoms with Gasteiger partial charge in [-0.2, -0.15) is 0 Å². The summed E-state index contributed by atoms with van der Waals surface area (Å²) in [5.41, 5.74) is 8.36. The second-order valence-corrected chi connectivity index (χ2v) is 6.11. The number of hydrogen-bond acceptors (Lipinski definition) is 5. The third kappa shape index (κ3) is 5.57. The number of rotatable bonds is 5. The third-order valence-electron chi connectivity index (χ3n) is 3.88. The molecule has 7 nitrogen and oxygen atoms in total. The summed E-state index contributed by atoms with van der Waals surface area (Å²) < 4.78 is 4.98. The van der Waals surface area contributed by atoms with E-state index in [0.717, 1.165) is 11.1 Å². The number of pyridine rings is 1. The van der Waals surface area contributed by atoms with E-state index in [2.05, 4.69) is 10.3 Å². The van der Waals surface area contributed by atoms with Crippen molar-refractivity contribution < 1.29 is 14.3 Å².